The predicted octanol–water partition coefficient (Wildman–Crippen LogP) is 4.00. The quantitative estimate of drug-likeness (QED) is 0.636. The molecule has 146 valence electrons. The number of carbonyl (C=O) groups is 1. The summed E-state index contributed by atoms with van der Waals surface area (Å²) >= 11 is 0. The Morgan fingerprint density at radius 2 is 1.81 bits per heavy atom. The van der Waals surface area contributed by atoms with E-state index in [1.54, 1.807) is 35.2 Å². The van der Waals surface area contributed by atoms with Gasteiger partial charge in [0.15, 0.2) is 0 Å². The van der Waals surface area contributed by atoms with Crippen molar-refractivity contribution >= 4 is 16.0 Å². The van der Waals surface area contributed by atoms with Crippen LogP contribution in [0, 0.1) is 5.82 Å². The molecule has 0 heterocycles. The lowest BCUT2D eigenvalue weighted by atomic mass is 10.1. The lowest BCUT2D eigenvalue weighted by Gasteiger charge is -2.29. The third kappa shape index (κ3) is 5.79. The number of hydrogen-bond donors (Lipinski definition) is 0. The molecule has 0 aliphatic heterocycles. The Morgan fingerprint density at radius 1 is 1.15 bits per heavy atom. The van der Waals surface area contributed by atoms with Crippen molar-refractivity contribution in [2.75, 3.05) is 5.75 Å². The van der Waals surface area contributed by atoms with Crippen LogP contribution in [0.15, 0.2) is 48.5 Å². The van der Waals surface area contributed by atoms with Gasteiger partial charge in [0.1, 0.15) is 11.6 Å². The van der Waals surface area contributed by atoms with Crippen molar-refractivity contribution in [2.24, 2.45) is 0 Å². The van der Waals surface area contributed by atoms with Crippen LogP contribution in [-0.2, 0) is 16.7 Å². The van der Waals surface area contributed by atoms with Crippen LogP contribution in [-0.4, -0.2) is 31.0 Å². The highest BCUT2D eigenvalue weighted by atomic mass is 32.2. The molecule has 0 bridgehead atoms. The number of hydrogen-bond acceptors (Lipinski definition) is 4. The van der Waals surface area contributed by atoms with E-state index in [4.69, 9.17) is 4.18 Å². The second-order valence-electron chi connectivity index (χ2n) is 6.27. The molecule has 1 amide bonds. The molecule has 0 aliphatic carbocycles. The summed E-state index contributed by atoms with van der Waals surface area (Å²) in [5, 5.41) is 0. The van der Waals surface area contributed by atoms with Gasteiger partial charge >= 0.3 is 10.1 Å². The first-order chi connectivity index (χ1) is 12.8. The summed E-state index contributed by atoms with van der Waals surface area (Å²) in [7, 11) is -3.58. The van der Waals surface area contributed by atoms with Crippen molar-refractivity contribution < 1.29 is 21.8 Å². The topological polar surface area (TPSA) is 63.7 Å². The van der Waals surface area contributed by atoms with Crippen LogP contribution in [0.1, 0.15) is 43.1 Å². The summed E-state index contributed by atoms with van der Waals surface area (Å²) in [6, 6.07) is 12.1. The maximum atomic E-state index is 13.5. The standard InChI is InChI=1S/C20H24FNO4S/c1-4-15(3)22(20(23)17-7-6-8-18(21)13-17)14-16-9-11-19(12-10-16)26-27(24,25)5-2/h6-13,15H,4-5,14H2,1-3H3/t15-/m0/s1. The number of amides is 1. The van der Waals surface area contributed by atoms with E-state index in [1.165, 1.54) is 25.1 Å². The minimum absolute atomic E-state index is 0.0443. The summed E-state index contributed by atoms with van der Waals surface area (Å²) in [5.74, 6) is -0.591. The molecule has 0 saturated carbocycles. The number of carbonyl (C=O) groups excluding carboxylic acids is 1. The molecule has 2 aromatic carbocycles. The molecule has 0 saturated heterocycles. The summed E-state index contributed by atoms with van der Waals surface area (Å²) in [6.07, 6.45) is 0.747. The van der Waals surface area contributed by atoms with E-state index >= 15 is 0 Å². The number of rotatable bonds is 8. The Morgan fingerprint density at radius 3 is 2.37 bits per heavy atom. The largest absolute Gasteiger partial charge is 0.382 e. The normalized spacial score (nSPS) is 12.4. The fourth-order valence-electron chi connectivity index (χ4n) is 2.49. The van der Waals surface area contributed by atoms with Gasteiger partial charge in [-0.15, -0.1) is 0 Å². The van der Waals surface area contributed by atoms with Gasteiger partial charge in [-0.3, -0.25) is 4.79 Å². The van der Waals surface area contributed by atoms with E-state index < -0.39 is 15.9 Å². The lowest BCUT2D eigenvalue weighted by molar-refractivity contribution is 0.0671. The first-order valence-corrected chi connectivity index (χ1v) is 10.4. The number of nitrogens with zero attached hydrogens (tertiary/aromatic N) is 1. The highest BCUT2D eigenvalue weighted by Crippen LogP contribution is 2.19. The Balaban J connectivity index is 2.20. The molecule has 0 unspecified atom stereocenters. The van der Waals surface area contributed by atoms with Crippen molar-refractivity contribution in [3.63, 3.8) is 0 Å². The van der Waals surface area contributed by atoms with Crippen molar-refractivity contribution in [1.29, 1.82) is 0 Å². The van der Waals surface area contributed by atoms with Crippen LogP contribution in [0.3, 0.4) is 0 Å². The Bertz CT molecular complexity index is 881. The third-order valence-electron chi connectivity index (χ3n) is 4.31. The third-order valence-corrected chi connectivity index (χ3v) is 5.46. The van der Waals surface area contributed by atoms with E-state index in [9.17, 15) is 17.6 Å². The zero-order valence-electron chi connectivity index (χ0n) is 15.7. The molecule has 0 fully saturated rings. The van der Waals surface area contributed by atoms with Crippen molar-refractivity contribution in [3.05, 3.63) is 65.5 Å². The van der Waals surface area contributed by atoms with Crippen LogP contribution in [0.4, 0.5) is 4.39 Å². The van der Waals surface area contributed by atoms with E-state index in [1.807, 2.05) is 13.8 Å². The first kappa shape index (κ1) is 20.9. The van der Waals surface area contributed by atoms with Gasteiger partial charge in [-0.05, 0) is 56.2 Å². The van der Waals surface area contributed by atoms with Crippen LogP contribution < -0.4 is 4.18 Å². The van der Waals surface area contributed by atoms with Crippen LogP contribution >= 0.6 is 0 Å². The van der Waals surface area contributed by atoms with E-state index in [0.29, 0.717) is 12.1 Å². The van der Waals surface area contributed by atoms with Gasteiger partial charge in [0.2, 0.25) is 0 Å². The molecule has 0 spiro atoms. The van der Waals surface area contributed by atoms with Gasteiger partial charge in [0.25, 0.3) is 5.91 Å². The predicted molar refractivity (Wildman–Crippen MR) is 103 cm³/mol. The molecule has 27 heavy (non-hydrogen) atoms. The molecule has 1 atom stereocenters. The zero-order chi connectivity index (χ0) is 20.0. The fourth-order valence-corrected chi connectivity index (χ4v) is 3.01. The monoisotopic (exact) mass is 393 g/mol. The van der Waals surface area contributed by atoms with Crippen LogP contribution in [0.5, 0.6) is 5.75 Å². The van der Waals surface area contributed by atoms with Crippen molar-refractivity contribution in [1.82, 2.24) is 4.90 Å². The molecular weight excluding hydrogens is 369 g/mol. The molecule has 2 rings (SSSR count). The SMILES string of the molecule is CC[C@H](C)N(Cc1ccc(OS(=O)(=O)CC)cc1)C(=O)c1cccc(F)c1. The summed E-state index contributed by atoms with van der Waals surface area (Å²) in [4.78, 5) is 14.5. The summed E-state index contributed by atoms with van der Waals surface area (Å²) < 4.78 is 41.5. The van der Waals surface area contributed by atoms with E-state index in [-0.39, 0.29) is 23.5 Å². The average Bonchev–Trinajstić information content (AvgIpc) is 2.66. The Kier molecular flexibility index (Phi) is 6.96. The fraction of sp³-hybridized carbons (Fsp3) is 0.350. The van der Waals surface area contributed by atoms with Gasteiger partial charge in [-0.1, -0.05) is 25.1 Å². The van der Waals surface area contributed by atoms with Gasteiger partial charge in [0.05, 0.1) is 5.75 Å². The number of halogens is 1. The van der Waals surface area contributed by atoms with Crippen molar-refractivity contribution in [2.45, 2.75) is 39.8 Å². The van der Waals surface area contributed by atoms with Gasteiger partial charge in [-0.2, -0.15) is 8.42 Å². The molecule has 2 aromatic rings. The molecule has 7 heteroatoms. The van der Waals surface area contributed by atoms with Gasteiger partial charge in [-0.25, -0.2) is 4.39 Å². The van der Waals surface area contributed by atoms with Crippen molar-refractivity contribution in [3.8, 4) is 5.75 Å². The molecular formula is C20H24FNO4S. The molecule has 0 aromatic heterocycles. The maximum absolute atomic E-state index is 13.5. The van der Waals surface area contributed by atoms with E-state index in [2.05, 4.69) is 0 Å². The highest BCUT2D eigenvalue weighted by molar-refractivity contribution is 7.87. The van der Waals surface area contributed by atoms with Gasteiger partial charge < -0.3 is 9.08 Å². The minimum atomic E-state index is -3.58. The lowest BCUT2D eigenvalue weighted by Crippen LogP contribution is -2.37. The summed E-state index contributed by atoms with van der Waals surface area (Å²) in [5.41, 5.74) is 1.12. The second-order valence-corrected chi connectivity index (χ2v) is 8.13. The smallest absolute Gasteiger partial charge is 0.308 e. The highest BCUT2D eigenvalue weighted by Gasteiger charge is 2.21. The maximum Gasteiger partial charge on any atom is 0.308 e. The average molecular weight is 393 g/mol. The zero-order valence-corrected chi connectivity index (χ0v) is 16.5. The summed E-state index contributed by atoms with van der Waals surface area (Å²) in [6.45, 7) is 5.74. The number of benzene rings is 2. The first-order valence-electron chi connectivity index (χ1n) is 8.83. The minimum Gasteiger partial charge on any atom is -0.382 e. The molecule has 0 aliphatic rings. The Labute approximate surface area is 159 Å². The second kappa shape index (κ2) is 8.99. The van der Waals surface area contributed by atoms with Crippen LogP contribution in [0.25, 0.3) is 0 Å². The van der Waals surface area contributed by atoms with Gasteiger partial charge in [0, 0.05) is 18.2 Å². The molecule has 5 nitrogen and oxygen atoms in total. The molecule has 0 N–H and O–H groups in total. The Hall–Kier alpha value is -2.41. The van der Waals surface area contributed by atoms with E-state index in [0.717, 1.165) is 12.0 Å². The van der Waals surface area contributed by atoms with Crippen LogP contribution in [0.2, 0.25) is 0 Å². The molecule has 0 radical (unpaired) electrons.